The number of halogens is 1. The first kappa shape index (κ1) is 9.07. The standard InChI is InChI=1S/C10H15FO3/c1-10(2)13-8-6(11)7(5-3-4-5)12-9(8)14-10/h5-9H,3-4H2,1-2H3/t6-,7+,8+,9+/m0/s1. The van der Waals surface area contributed by atoms with Crippen molar-refractivity contribution in [3.63, 3.8) is 0 Å². The van der Waals surface area contributed by atoms with Gasteiger partial charge in [0, 0.05) is 0 Å². The van der Waals surface area contributed by atoms with Crippen molar-refractivity contribution in [2.75, 3.05) is 0 Å². The fraction of sp³-hybridized carbons (Fsp3) is 1.00. The highest BCUT2D eigenvalue weighted by atomic mass is 19.1. The topological polar surface area (TPSA) is 27.7 Å². The number of fused-ring (bicyclic) bond motifs is 1. The predicted molar refractivity (Wildman–Crippen MR) is 46.3 cm³/mol. The smallest absolute Gasteiger partial charge is 0.190 e. The Balaban J connectivity index is 1.74. The van der Waals surface area contributed by atoms with Gasteiger partial charge in [-0.25, -0.2) is 4.39 Å². The van der Waals surface area contributed by atoms with Crippen LogP contribution < -0.4 is 0 Å². The minimum atomic E-state index is -1.02. The third-order valence-electron chi connectivity index (χ3n) is 3.09. The van der Waals surface area contributed by atoms with Crippen molar-refractivity contribution in [3.8, 4) is 0 Å². The summed E-state index contributed by atoms with van der Waals surface area (Å²) in [6.45, 7) is 3.57. The molecule has 3 nitrogen and oxygen atoms in total. The van der Waals surface area contributed by atoms with Gasteiger partial charge in [0.2, 0.25) is 0 Å². The second-order valence-corrected chi connectivity index (χ2v) is 4.85. The molecule has 0 N–H and O–H groups in total. The fourth-order valence-electron chi connectivity index (χ4n) is 2.29. The van der Waals surface area contributed by atoms with Crippen LogP contribution in [0, 0.1) is 5.92 Å². The van der Waals surface area contributed by atoms with Gasteiger partial charge in [-0.3, -0.25) is 0 Å². The Labute approximate surface area is 82.5 Å². The summed E-state index contributed by atoms with van der Waals surface area (Å²) < 4.78 is 30.3. The average molecular weight is 202 g/mol. The van der Waals surface area contributed by atoms with Gasteiger partial charge in [-0.15, -0.1) is 0 Å². The zero-order chi connectivity index (χ0) is 9.92. The number of rotatable bonds is 1. The van der Waals surface area contributed by atoms with E-state index in [1.807, 2.05) is 0 Å². The Kier molecular flexibility index (Phi) is 1.74. The highest BCUT2D eigenvalue weighted by Gasteiger charge is 2.58. The first-order valence-corrected chi connectivity index (χ1v) is 5.22. The summed E-state index contributed by atoms with van der Waals surface area (Å²) >= 11 is 0. The number of hydrogen-bond donors (Lipinski definition) is 0. The first-order chi connectivity index (χ1) is 6.57. The molecular weight excluding hydrogens is 187 g/mol. The third-order valence-corrected chi connectivity index (χ3v) is 3.09. The number of alkyl halides is 1. The van der Waals surface area contributed by atoms with Gasteiger partial charge in [-0.1, -0.05) is 0 Å². The summed E-state index contributed by atoms with van der Waals surface area (Å²) in [7, 11) is 0. The largest absolute Gasteiger partial charge is 0.343 e. The van der Waals surface area contributed by atoms with Crippen LogP contribution in [0.4, 0.5) is 4.39 Å². The van der Waals surface area contributed by atoms with E-state index in [2.05, 4.69) is 0 Å². The number of ether oxygens (including phenoxy) is 3. The second kappa shape index (κ2) is 2.68. The molecule has 4 atom stereocenters. The summed E-state index contributed by atoms with van der Waals surface area (Å²) in [5.74, 6) is -0.306. The van der Waals surface area contributed by atoms with Crippen LogP contribution >= 0.6 is 0 Å². The molecule has 0 spiro atoms. The molecule has 3 aliphatic rings. The van der Waals surface area contributed by atoms with Crippen molar-refractivity contribution >= 4 is 0 Å². The quantitative estimate of drug-likeness (QED) is 0.646. The van der Waals surface area contributed by atoms with Crippen molar-refractivity contribution in [3.05, 3.63) is 0 Å². The van der Waals surface area contributed by atoms with E-state index in [4.69, 9.17) is 14.2 Å². The van der Waals surface area contributed by atoms with Crippen LogP contribution in [0.15, 0.2) is 0 Å². The van der Waals surface area contributed by atoms with E-state index in [1.165, 1.54) is 0 Å². The molecule has 3 fully saturated rings. The van der Waals surface area contributed by atoms with Crippen LogP contribution in [0.5, 0.6) is 0 Å². The van der Waals surface area contributed by atoms with Crippen LogP contribution in [0.2, 0.25) is 0 Å². The molecule has 0 aromatic heterocycles. The lowest BCUT2D eigenvalue weighted by atomic mass is 10.1. The van der Waals surface area contributed by atoms with Gasteiger partial charge >= 0.3 is 0 Å². The Morgan fingerprint density at radius 3 is 2.43 bits per heavy atom. The monoisotopic (exact) mass is 202 g/mol. The van der Waals surface area contributed by atoms with Crippen molar-refractivity contribution in [1.29, 1.82) is 0 Å². The molecule has 2 saturated heterocycles. The normalized spacial score (nSPS) is 50.8. The Bertz CT molecular complexity index is 250. The minimum absolute atomic E-state index is 0.291. The lowest BCUT2D eigenvalue weighted by Gasteiger charge is -2.21. The maximum atomic E-state index is 13.8. The molecule has 1 aliphatic carbocycles. The van der Waals surface area contributed by atoms with Crippen LogP contribution in [-0.4, -0.2) is 30.5 Å². The van der Waals surface area contributed by atoms with Crippen LogP contribution in [0.25, 0.3) is 0 Å². The van der Waals surface area contributed by atoms with Crippen LogP contribution in [0.3, 0.4) is 0 Å². The van der Waals surface area contributed by atoms with Crippen molar-refractivity contribution in [2.24, 2.45) is 5.92 Å². The Hall–Kier alpha value is -0.190. The molecule has 2 aliphatic heterocycles. The van der Waals surface area contributed by atoms with Crippen molar-refractivity contribution < 1.29 is 18.6 Å². The van der Waals surface area contributed by atoms with E-state index in [-0.39, 0.29) is 6.10 Å². The van der Waals surface area contributed by atoms with Gasteiger partial charge in [0.1, 0.15) is 6.10 Å². The first-order valence-electron chi connectivity index (χ1n) is 5.22. The average Bonchev–Trinajstić information content (AvgIpc) is 2.81. The molecule has 0 bridgehead atoms. The molecular formula is C10H15FO3. The summed E-state index contributed by atoms with van der Waals surface area (Å²) in [4.78, 5) is 0. The molecule has 14 heavy (non-hydrogen) atoms. The third kappa shape index (κ3) is 1.28. The lowest BCUT2D eigenvalue weighted by Crippen LogP contribution is -2.32. The fourth-order valence-corrected chi connectivity index (χ4v) is 2.29. The molecule has 2 heterocycles. The molecule has 0 amide bonds. The van der Waals surface area contributed by atoms with Gasteiger partial charge in [-0.2, -0.15) is 0 Å². The minimum Gasteiger partial charge on any atom is -0.343 e. The van der Waals surface area contributed by atoms with E-state index >= 15 is 0 Å². The molecule has 0 radical (unpaired) electrons. The molecule has 1 saturated carbocycles. The molecule has 3 rings (SSSR count). The summed E-state index contributed by atoms with van der Waals surface area (Å²) in [5, 5.41) is 0. The molecule has 4 heteroatoms. The Morgan fingerprint density at radius 1 is 1.14 bits per heavy atom. The highest BCUT2D eigenvalue weighted by molar-refractivity contribution is 4.99. The summed E-state index contributed by atoms with van der Waals surface area (Å²) in [5.41, 5.74) is 0. The van der Waals surface area contributed by atoms with Gasteiger partial charge in [0.25, 0.3) is 0 Å². The maximum Gasteiger partial charge on any atom is 0.190 e. The SMILES string of the molecule is CC1(C)O[C@H]2O[C@H](C3CC3)[C@H](F)[C@H]2O1. The molecule has 0 aromatic rings. The van der Waals surface area contributed by atoms with E-state index in [1.54, 1.807) is 13.8 Å². The lowest BCUT2D eigenvalue weighted by molar-refractivity contribution is -0.212. The van der Waals surface area contributed by atoms with E-state index < -0.39 is 24.4 Å². The summed E-state index contributed by atoms with van der Waals surface area (Å²) in [6.07, 6.45) is -0.168. The van der Waals surface area contributed by atoms with Gasteiger partial charge in [0.15, 0.2) is 18.2 Å². The van der Waals surface area contributed by atoms with Crippen LogP contribution in [-0.2, 0) is 14.2 Å². The highest BCUT2D eigenvalue weighted by Crippen LogP contribution is 2.46. The maximum absolute atomic E-state index is 13.8. The predicted octanol–water partition coefficient (Wildman–Crippen LogP) is 1.61. The van der Waals surface area contributed by atoms with E-state index in [9.17, 15) is 4.39 Å². The molecule has 0 unspecified atom stereocenters. The van der Waals surface area contributed by atoms with Gasteiger partial charge in [-0.05, 0) is 32.6 Å². The number of hydrogen-bond acceptors (Lipinski definition) is 3. The zero-order valence-corrected chi connectivity index (χ0v) is 8.40. The Morgan fingerprint density at radius 2 is 1.86 bits per heavy atom. The van der Waals surface area contributed by atoms with Gasteiger partial charge < -0.3 is 14.2 Å². The zero-order valence-electron chi connectivity index (χ0n) is 8.40. The van der Waals surface area contributed by atoms with Crippen LogP contribution in [0.1, 0.15) is 26.7 Å². The summed E-state index contributed by atoms with van der Waals surface area (Å²) in [6, 6.07) is 0. The molecule has 80 valence electrons. The van der Waals surface area contributed by atoms with Gasteiger partial charge in [0.05, 0.1) is 6.10 Å². The van der Waals surface area contributed by atoms with E-state index in [0.29, 0.717) is 5.92 Å². The van der Waals surface area contributed by atoms with Crippen molar-refractivity contribution in [1.82, 2.24) is 0 Å². The van der Waals surface area contributed by atoms with Crippen molar-refractivity contribution in [2.45, 2.75) is 57.1 Å². The molecule has 0 aromatic carbocycles. The van der Waals surface area contributed by atoms with E-state index in [0.717, 1.165) is 12.8 Å². The second-order valence-electron chi connectivity index (χ2n) is 4.85.